The van der Waals surface area contributed by atoms with E-state index >= 15 is 0 Å². The average Bonchev–Trinajstić information content (AvgIpc) is 2.16. The van der Waals surface area contributed by atoms with Crippen molar-refractivity contribution in [2.24, 2.45) is 0 Å². The molecule has 0 aromatic carbocycles. The van der Waals surface area contributed by atoms with Gasteiger partial charge in [-0.15, -0.1) is 0 Å². The molecule has 1 amide bonds. The van der Waals surface area contributed by atoms with Crippen LogP contribution in [0.4, 0.5) is 0 Å². The molecule has 4 nitrogen and oxygen atoms in total. The molecular formula is C10H20N2O2. The molecule has 1 rings (SSSR count). The molecule has 0 aromatic heterocycles. The lowest BCUT2D eigenvalue weighted by atomic mass is 9.91. The number of amides is 1. The molecule has 0 bridgehead atoms. The summed E-state index contributed by atoms with van der Waals surface area (Å²) in [5.41, 5.74) is -0.609. The smallest absolute Gasteiger partial charge is 0.219 e. The zero-order valence-corrected chi connectivity index (χ0v) is 9.05. The van der Waals surface area contributed by atoms with Crippen LogP contribution in [-0.4, -0.2) is 47.7 Å². The number of likely N-dealkylation sites (N-methyl/N-ethyl adjacent to an activating group) is 1. The van der Waals surface area contributed by atoms with Crippen LogP contribution in [0.25, 0.3) is 0 Å². The quantitative estimate of drug-likeness (QED) is 0.672. The number of hydrogen-bond acceptors (Lipinski definition) is 3. The maximum atomic E-state index is 11.1. The van der Waals surface area contributed by atoms with Gasteiger partial charge in [-0.05, 0) is 19.4 Å². The summed E-state index contributed by atoms with van der Waals surface area (Å²) in [6.45, 7) is 6.46. The van der Waals surface area contributed by atoms with Crippen molar-refractivity contribution in [1.29, 1.82) is 0 Å². The van der Waals surface area contributed by atoms with Crippen LogP contribution in [0.3, 0.4) is 0 Å². The zero-order valence-electron chi connectivity index (χ0n) is 9.05. The number of carbonyl (C=O) groups is 1. The Labute approximate surface area is 85.3 Å². The summed E-state index contributed by atoms with van der Waals surface area (Å²) in [4.78, 5) is 12.8. The van der Waals surface area contributed by atoms with Gasteiger partial charge in [-0.3, -0.25) is 4.79 Å². The van der Waals surface area contributed by atoms with Gasteiger partial charge in [-0.2, -0.15) is 0 Å². The third kappa shape index (κ3) is 2.96. The summed E-state index contributed by atoms with van der Waals surface area (Å²) in [6.07, 6.45) is 1.36. The molecular weight excluding hydrogens is 180 g/mol. The predicted molar refractivity (Wildman–Crippen MR) is 55.0 cm³/mol. The molecule has 0 saturated carbocycles. The fraction of sp³-hybridized carbons (Fsp3) is 0.900. The number of nitrogens with one attached hydrogen (secondary N) is 1. The van der Waals surface area contributed by atoms with Crippen molar-refractivity contribution in [2.75, 3.05) is 26.2 Å². The molecule has 1 aliphatic rings. The second kappa shape index (κ2) is 4.75. The molecule has 82 valence electrons. The van der Waals surface area contributed by atoms with Gasteiger partial charge in [0.05, 0.1) is 5.60 Å². The molecule has 1 fully saturated rings. The second-order valence-electron chi connectivity index (χ2n) is 4.01. The topological polar surface area (TPSA) is 52.6 Å². The largest absolute Gasteiger partial charge is 0.388 e. The number of piperidine rings is 1. The first-order valence-corrected chi connectivity index (χ1v) is 5.26. The van der Waals surface area contributed by atoms with Crippen molar-refractivity contribution < 1.29 is 9.90 Å². The molecule has 0 aromatic rings. The van der Waals surface area contributed by atoms with E-state index in [9.17, 15) is 9.90 Å². The average molecular weight is 200 g/mol. The van der Waals surface area contributed by atoms with Crippen molar-refractivity contribution in [3.8, 4) is 0 Å². The Morgan fingerprint density at radius 2 is 2.07 bits per heavy atom. The van der Waals surface area contributed by atoms with E-state index in [2.05, 4.69) is 5.32 Å². The number of rotatable bonds is 3. The van der Waals surface area contributed by atoms with E-state index in [0.717, 1.165) is 6.54 Å². The first-order chi connectivity index (χ1) is 6.57. The Morgan fingerprint density at radius 1 is 1.50 bits per heavy atom. The van der Waals surface area contributed by atoms with Crippen LogP contribution >= 0.6 is 0 Å². The highest BCUT2D eigenvalue weighted by Gasteiger charge is 2.32. The summed E-state index contributed by atoms with van der Waals surface area (Å²) in [6, 6.07) is 0. The molecule has 2 N–H and O–H groups in total. The minimum atomic E-state index is -0.609. The van der Waals surface area contributed by atoms with Gasteiger partial charge in [-0.1, -0.05) is 6.92 Å². The van der Waals surface area contributed by atoms with E-state index in [0.29, 0.717) is 32.5 Å². The fourth-order valence-corrected chi connectivity index (χ4v) is 1.77. The maximum absolute atomic E-state index is 11.1. The van der Waals surface area contributed by atoms with Crippen molar-refractivity contribution in [3.05, 3.63) is 0 Å². The van der Waals surface area contributed by atoms with Gasteiger partial charge in [0.25, 0.3) is 0 Å². The van der Waals surface area contributed by atoms with E-state index in [1.165, 1.54) is 0 Å². The first-order valence-electron chi connectivity index (χ1n) is 5.26. The molecule has 1 saturated heterocycles. The van der Waals surface area contributed by atoms with Gasteiger partial charge < -0.3 is 15.3 Å². The Bertz CT molecular complexity index is 198. The molecule has 14 heavy (non-hydrogen) atoms. The van der Waals surface area contributed by atoms with Gasteiger partial charge in [0, 0.05) is 26.6 Å². The molecule has 4 heteroatoms. The summed E-state index contributed by atoms with van der Waals surface area (Å²) in [5, 5.41) is 13.3. The fourth-order valence-electron chi connectivity index (χ4n) is 1.77. The molecule has 1 aliphatic heterocycles. The SMILES string of the molecule is CCNCC1(O)CCN(C(C)=O)CC1. The highest BCUT2D eigenvalue weighted by atomic mass is 16.3. The summed E-state index contributed by atoms with van der Waals surface area (Å²) in [5.74, 6) is 0.107. The molecule has 0 radical (unpaired) electrons. The lowest BCUT2D eigenvalue weighted by Gasteiger charge is -2.37. The van der Waals surface area contributed by atoms with E-state index in [-0.39, 0.29) is 5.91 Å². The third-order valence-electron chi connectivity index (χ3n) is 2.84. The second-order valence-corrected chi connectivity index (χ2v) is 4.01. The van der Waals surface area contributed by atoms with Crippen molar-refractivity contribution in [3.63, 3.8) is 0 Å². The minimum Gasteiger partial charge on any atom is -0.388 e. The number of hydrogen-bond donors (Lipinski definition) is 2. The van der Waals surface area contributed by atoms with Crippen LogP contribution in [-0.2, 0) is 4.79 Å². The molecule has 0 unspecified atom stereocenters. The van der Waals surface area contributed by atoms with Crippen molar-refractivity contribution in [1.82, 2.24) is 10.2 Å². The first kappa shape index (κ1) is 11.5. The number of aliphatic hydroxyl groups is 1. The number of carbonyl (C=O) groups excluding carboxylic acids is 1. The number of nitrogens with zero attached hydrogens (tertiary/aromatic N) is 1. The maximum Gasteiger partial charge on any atom is 0.219 e. The van der Waals surface area contributed by atoms with Gasteiger partial charge >= 0.3 is 0 Å². The van der Waals surface area contributed by atoms with Gasteiger partial charge in [0.1, 0.15) is 0 Å². The Hall–Kier alpha value is -0.610. The third-order valence-corrected chi connectivity index (χ3v) is 2.84. The summed E-state index contributed by atoms with van der Waals surface area (Å²) < 4.78 is 0. The number of likely N-dealkylation sites (tertiary alicyclic amines) is 1. The van der Waals surface area contributed by atoms with Crippen LogP contribution in [0.1, 0.15) is 26.7 Å². The van der Waals surface area contributed by atoms with E-state index in [1.54, 1.807) is 11.8 Å². The van der Waals surface area contributed by atoms with Gasteiger partial charge in [0.15, 0.2) is 0 Å². The van der Waals surface area contributed by atoms with E-state index < -0.39 is 5.60 Å². The predicted octanol–water partition coefficient (Wildman–Crippen LogP) is -0.0307. The van der Waals surface area contributed by atoms with Crippen LogP contribution < -0.4 is 5.32 Å². The molecule has 1 heterocycles. The summed E-state index contributed by atoms with van der Waals surface area (Å²) in [7, 11) is 0. The minimum absolute atomic E-state index is 0.107. The van der Waals surface area contributed by atoms with Crippen LogP contribution in [0.2, 0.25) is 0 Å². The highest BCUT2D eigenvalue weighted by molar-refractivity contribution is 5.73. The monoisotopic (exact) mass is 200 g/mol. The highest BCUT2D eigenvalue weighted by Crippen LogP contribution is 2.21. The Balaban J connectivity index is 2.36. The standard InChI is InChI=1S/C10H20N2O2/c1-3-11-8-10(14)4-6-12(7-5-10)9(2)13/h11,14H,3-8H2,1-2H3. The molecule has 0 atom stereocenters. The molecule has 0 spiro atoms. The Morgan fingerprint density at radius 3 is 2.50 bits per heavy atom. The van der Waals surface area contributed by atoms with Crippen LogP contribution in [0.5, 0.6) is 0 Å². The lowest BCUT2D eigenvalue weighted by Crippen LogP contribution is -2.50. The Kier molecular flexibility index (Phi) is 3.89. The van der Waals surface area contributed by atoms with E-state index in [1.807, 2.05) is 6.92 Å². The van der Waals surface area contributed by atoms with Gasteiger partial charge in [0.2, 0.25) is 5.91 Å². The van der Waals surface area contributed by atoms with Crippen molar-refractivity contribution >= 4 is 5.91 Å². The molecule has 0 aliphatic carbocycles. The summed E-state index contributed by atoms with van der Waals surface area (Å²) >= 11 is 0. The normalized spacial score (nSPS) is 20.9. The zero-order chi connectivity index (χ0) is 10.6. The van der Waals surface area contributed by atoms with Crippen LogP contribution in [0.15, 0.2) is 0 Å². The van der Waals surface area contributed by atoms with Gasteiger partial charge in [-0.25, -0.2) is 0 Å². The van der Waals surface area contributed by atoms with Crippen LogP contribution in [0, 0.1) is 0 Å². The lowest BCUT2D eigenvalue weighted by molar-refractivity contribution is -0.132. The van der Waals surface area contributed by atoms with Crippen molar-refractivity contribution in [2.45, 2.75) is 32.3 Å². The van der Waals surface area contributed by atoms with E-state index in [4.69, 9.17) is 0 Å².